The summed E-state index contributed by atoms with van der Waals surface area (Å²) in [6.07, 6.45) is -2.51. The van der Waals surface area contributed by atoms with E-state index in [9.17, 15) is 8.78 Å². The van der Waals surface area contributed by atoms with E-state index in [0.717, 1.165) is 0 Å². The lowest BCUT2D eigenvalue weighted by Gasteiger charge is -2.09. The molecule has 0 heterocycles. The van der Waals surface area contributed by atoms with Gasteiger partial charge in [-0.3, -0.25) is 0 Å². The Hall–Kier alpha value is -1.23. The molecule has 2 nitrogen and oxygen atoms in total. The Bertz CT molecular complexity index is 330. The second kappa shape index (κ2) is 4.85. The van der Waals surface area contributed by atoms with Crippen molar-refractivity contribution >= 4 is 17.2 Å². The van der Waals surface area contributed by atoms with Gasteiger partial charge in [-0.15, -0.1) is 0 Å². The summed E-state index contributed by atoms with van der Waals surface area (Å²) in [5.74, 6) is 0.292. The molecular weight excluding hydrogens is 208 g/mol. The third-order valence-corrected chi connectivity index (χ3v) is 1.74. The number of rotatable bonds is 4. The average Bonchev–Trinajstić information content (AvgIpc) is 2.15. The Morgan fingerprint density at radius 3 is 2.64 bits per heavy atom. The summed E-state index contributed by atoms with van der Waals surface area (Å²) >= 11 is 4.74. The van der Waals surface area contributed by atoms with Gasteiger partial charge in [0.25, 0.3) is 6.43 Å². The normalized spacial score (nSPS) is 10.2. The maximum atomic E-state index is 11.9. The van der Waals surface area contributed by atoms with E-state index in [0.29, 0.717) is 11.3 Å². The molecular formula is C9H9F2NOS. The van der Waals surface area contributed by atoms with Crippen LogP contribution in [-0.4, -0.2) is 18.0 Å². The number of ether oxygens (including phenoxy) is 1. The van der Waals surface area contributed by atoms with Gasteiger partial charge in [-0.05, 0) is 12.1 Å². The molecule has 1 rings (SSSR count). The molecule has 0 bridgehead atoms. The highest BCUT2D eigenvalue weighted by atomic mass is 32.1. The first-order valence-electron chi connectivity index (χ1n) is 3.91. The highest BCUT2D eigenvalue weighted by Crippen LogP contribution is 2.18. The van der Waals surface area contributed by atoms with E-state index in [-0.39, 0.29) is 4.99 Å². The number of hydrogen-bond donors (Lipinski definition) is 1. The fourth-order valence-electron chi connectivity index (χ4n) is 0.949. The first-order valence-corrected chi connectivity index (χ1v) is 4.32. The number of alkyl halides is 2. The van der Waals surface area contributed by atoms with E-state index in [2.05, 4.69) is 0 Å². The molecule has 0 saturated heterocycles. The van der Waals surface area contributed by atoms with Gasteiger partial charge in [0.2, 0.25) is 0 Å². The van der Waals surface area contributed by atoms with Crippen LogP contribution in [0.5, 0.6) is 5.75 Å². The second-order valence-electron chi connectivity index (χ2n) is 2.56. The number of para-hydroxylation sites is 1. The Morgan fingerprint density at radius 1 is 1.43 bits per heavy atom. The fraction of sp³-hybridized carbons (Fsp3) is 0.222. The largest absolute Gasteiger partial charge is 0.487 e. The van der Waals surface area contributed by atoms with Crippen LogP contribution in [0.3, 0.4) is 0 Å². The van der Waals surface area contributed by atoms with Gasteiger partial charge in [0.15, 0.2) is 0 Å². The molecule has 1 aromatic carbocycles. The lowest BCUT2D eigenvalue weighted by Crippen LogP contribution is -2.14. The van der Waals surface area contributed by atoms with Crippen molar-refractivity contribution in [2.75, 3.05) is 6.61 Å². The van der Waals surface area contributed by atoms with Crippen molar-refractivity contribution in [3.8, 4) is 5.75 Å². The zero-order chi connectivity index (χ0) is 10.6. The third-order valence-electron chi connectivity index (χ3n) is 1.52. The van der Waals surface area contributed by atoms with Gasteiger partial charge in [0.05, 0.1) is 5.56 Å². The summed E-state index contributed by atoms with van der Waals surface area (Å²) in [5, 5.41) is 0. The van der Waals surface area contributed by atoms with E-state index >= 15 is 0 Å². The molecule has 0 radical (unpaired) electrons. The molecule has 0 aromatic heterocycles. The average molecular weight is 217 g/mol. The van der Waals surface area contributed by atoms with Crippen LogP contribution >= 0.6 is 12.2 Å². The van der Waals surface area contributed by atoms with Gasteiger partial charge in [0, 0.05) is 0 Å². The number of thiocarbonyl (C=S) groups is 1. The molecule has 0 aliphatic heterocycles. The van der Waals surface area contributed by atoms with Crippen LogP contribution in [0.25, 0.3) is 0 Å². The molecule has 0 amide bonds. The van der Waals surface area contributed by atoms with Crippen molar-refractivity contribution in [2.45, 2.75) is 6.43 Å². The minimum Gasteiger partial charge on any atom is -0.487 e. The minimum atomic E-state index is -2.51. The van der Waals surface area contributed by atoms with Crippen LogP contribution in [0.15, 0.2) is 24.3 Å². The number of benzene rings is 1. The van der Waals surface area contributed by atoms with Crippen LogP contribution < -0.4 is 10.5 Å². The van der Waals surface area contributed by atoms with Crippen LogP contribution in [0, 0.1) is 0 Å². The Balaban J connectivity index is 2.79. The topological polar surface area (TPSA) is 35.2 Å². The highest BCUT2D eigenvalue weighted by molar-refractivity contribution is 7.80. The smallest absolute Gasteiger partial charge is 0.272 e. The van der Waals surface area contributed by atoms with Crippen LogP contribution in [0.4, 0.5) is 8.78 Å². The fourth-order valence-corrected chi connectivity index (χ4v) is 1.12. The molecule has 2 N–H and O–H groups in total. The lowest BCUT2D eigenvalue weighted by atomic mass is 10.2. The highest BCUT2D eigenvalue weighted by Gasteiger charge is 2.08. The van der Waals surface area contributed by atoms with Crippen molar-refractivity contribution in [3.05, 3.63) is 29.8 Å². The van der Waals surface area contributed by atoms with Gasteiger partial charge >= 0.3 is 0 Å². The van der Waals surface area contributed by atoms with Gasteiger partial charge in [-0.2, -0.15) is 0 Å². The van der Waals surface area contributed by atoms with Crippen molar-refractivity contribution in [1.82, 2.24) is 0 Å². The van der Waals surface area contributed by atoms with E-state index in [1.807, 2.05) is 0 Å². The Morgan fingerprint density at radius 2 is 2.07 bits per heavy atom. The maximum absolute atomic E-state index is 11.9. The van der Waals surface area contributed by atoms with Gasteiger partial charge in [-0.1, -0.05) is 24.4 Å². The van der Waals surface area contributed by atoms with Crippen molar-refractivity contribution in [3.63, 3.8) is 0 Å². The first-order chi connectivity index (χ1) is 6.61. The first kappa shape index (κ1) is 10.8. The standard InChI is InChI=1S/C9H9F2NOS/c10-8(11)5-13-7-4-2-1-3-6(7)9(12)14/h1-4,8H,5H2,(H2,12,14). The van der Waals surface area contributed by atoms with E-state index < -0.39 is 13.0 Å². The summed E-state index contributed by atoms with van der Waals surface area (Å²) in [6.45, 7) is -0.653. The number of nitrogens with two attached hydrogens (primary N) is 1. The maximum Gasteiger partial charge on any atom is 0.272 e. The molecule has 0 unspecified atom stereocenters. The molecule has 76 valence electrons. The van der Waals surface area contributed by atoms with Crippen molar-refractivity contribution in [2.24, 2.45) is 5.73 Å². The Kier molecular flexibility index (Phi) is 3.76. The van der Waals surface area contributed by atoms with E-state index in [4.69, 9.17) is 22.7 Å². The molecule has 1 aromatic rings. The Labute approximate surface area is 85.7 Å². The van der Waals surface area contributed by atoms with Crippen LogP contribution in [-0.2, 0) is 0 Å². The molecule has 0 spiro atoms. The monoisotopic (exact) mass is 217 g/mol. The van der Waals surface area contributed by atoms with Gasteiger partial charge in [0.1, 0.15) is 17.3 Å². The van der Waals surface area contributed by atoms with Gasteiger partial charge < -0.3 is 10.5 Å². The zero-order valence-corrected chi connectivity index (χ0v) is 8.06. The zero-order valence-electron chi connectivity index (χ0n) is 7.24. The quantitative estimate of drug-likeness (QED) is 0.783. The number of hydrogen-bond acceptors (Lipinski definition) is 2. The summed E-state index contributed by atoms with van der Waals surface area (Å²) in [6, 6.07) is 6.56. The minimum absolute atomic E-state index is 0.134. The second-order valence-corrected chi connectivity index (χ2v) is 3.00. The van der Waals surface area contributed by atoms with Gasteiger partial charge in [-0.25, -0.2) is 8.78 Å². The number of halogens is 2. The predicted octanol–water partition coefficient (Wildman–Crippen LogP) is 1.96. The summed E-state index contributed by atoms with van der Waals surface area (Å²) in [5.41, 5.74) is 5.86. The molecule has 0 atom stereocenters. The molecule has 5 heteroatoms. The molecule has 0 fully saturated rings. The molecule has 14 heavy (non-hydrogen) atoms. The molecule has 0 saturated carbocycles. The van der Waals surface area contributed by atoms with Crippen LogP contribution in [0.1, 0.15) is 5.56 Å². The lowest BCUT2D eigenvalue weighted by molar-refractivity contribution is 0.0818. The molecule has 0 aliphatic rings. The molecule has 0 aliphatic carbocycles. The van der Waals surface area contributed by atoms with Crippen LogP contribution in [0.2, 0.25) is 0 Å². The summed E-state index contributed by atoms with van der Waals surface area (Å²) in [4.78, 5) is 0.134. The summed E-state index contributed by atoms with van der Waals surface area (Å²) < 4.78 is 28.6. The van der Waals surface area contributed by atoms with Crippen molar-refractivity contribution < 1.29 is 13.5 Å². The van der Waals surface area contributed by atoms with Crippen molar-refractivity contribution in [1.29, 1.82) is 0 Å². The predicted molar refractivity (Wildman–Crippen MR) is 53.8 cm³/mol. The SMILES string of the molecule is NC(=S)c1ccccc1OCC(F)F. The van der Waals surface area contributed by atoms with E-state index in [1.165, 1.54) is 0 Å². The third kappa shape index (κ3) is 2.92. The summed E-state index contributed by atoms with van der Waals surface area (Å²) in [7, 11) is 0. The van der Waals surface area contributed by atoms with E-state index in [1.54, 1.807) is 24.3 Å².